The number of aromatic nitrogens is 1. The van der Waals surface area contributed by atoms with Gasteiger partial charge in [0.05, 0.1) is 32.4 Å². The SMILES string of the molecule is Cc1nc(N2CCS(=O)(=NS(C)(=O)=O)CC2)ccc1[N+](=O)[O-]. The van der Waals surface area contributed by atoms with E-state index < -0.39 is 24.7 Å². The van der Waals surface area contributed by atoms with Crippen molar-refractivity contribution in [1.82, 2.24) is 4.98 Å². The van der Waals surface area contributed by atoms with Crippen LogP contribution in [0.2, 0.25) is 0 Å². The summed E-state index contributed by atoms with van der Waals surface area (Å²) < 4.78 is 38.1. The normalized spacial score (nSPS) is 18.0. The van der Waals surface area contributed by atoms with E-state index in [9.17, 15) is 22.7 Å². The largest absolute Gasteiger partial charge is 0.355 e. The Morgan fingerprint density at radius 1 is 1.36 bits per heavy atom. The summed E-state index contributed by atoms with van der Waals surface area (Å²) in [6.07, 6.45) is 0.924. The number of rotatable bonds is 3. The molecule has 0 aliphatic carbocycles. The molecule has 0 bridgehead atoms. The first-order valence-corrected chi connectivity index (χ1v) is 10.1. The fourth-order valence-corrected chi connectivity index (χ4v) is 5.97. The summed E-state index contributed by atoms with van der Waals surface area (Å²) in [5, 5.41) is 10.8. The molecule has 0 aromatic carbocycles. The number of pyridine rings is 1. The van der Waals surface area contributed by atoms with Crippen LogP contribution in [0.15, 0.2) is 15.9 Å². The molecule has 1 aromatic rings. The van der Waals surface area contributed by atoms with Gasteiger partial charge in [-0.05, 0) is 13.0 Å². The van der Waals surface area contributed by atoms with Gasteiger partial charge < -0.3 is 4.90 Å². The zero-order chi connectivity index (χ0) is 16.5. The number of hydrogen-bond acceptors (Lipinski definition) is 7. The third kappa shape index (κ3) is 3.91. The summed E-state index contributed by atoms with van der Waals surface area (Å²) in [7, 11) is -6.41. The van der Waals surface area contributed by atoms with Gasteiger partial charge in [-0.15, -0.1) is 3.77 Å². The minimum atomic E-state index is -3.65. The molecule has 2 rings (SSSR count). The molecule has 1 aromatic heterocycles. The van der Waals surface area contributed by atoms with E-state index in [-0.39, 0.29) is 17.2 Å². The molecule has 1 fully saturated rings. The van der Waals surface area contributed by atoms with Gasteiger partial charge in [-0.1, -0.05) is 0 Å². The fraction of sp³-hybridized carbons (Fsp3) is 0.545. The van der Waals surface area contributed by atoms with Crippen LogP contribution in [0.4, 0.5) is 11.5 Å². The monoisotopic (exact) mass is 348 g/mol. The van der Waals surface area contributed by atoms with Gasteiger partial charge in [0.25, 0.3) is 15.7 Å². The van der Waals surface area contributed by atoms with Gasteiger partial charge in [0.2, 0.25) is 0 Å². The van der Waals surface area contributed by atoms with Crippen LogP contribution >= 0.6 is 0 Å². The number of hydrogen-bond donors (Lipinski definition) is 0. The van der Waals surface area contributed by atoms with E-state index in [1.165, 1.54) is 12.1 Å². The second kappa shape index (κ2) is 5.80. The molecule has 9 nitrogen and oxygen atoms in total. The van der Waals surface area contributed by atoms with E-state index in [1.807, 2.05) is 4.90 Å². The number of nitrogens with zero attached hydrogens (tertiary/aromatic N) is 4. The molecule has 0 amide bonds. The Labute approximate surface area is 128 Å². The van der Waals surface area contributed by atoms with Crippen LogP contribution in [-0.2, 0) is 19.8 Å². The van der Waals surface area contributed by atoms with Gasteiger partial charge in [-0.25, -0.2) is 17.6 Å². The van der Waals surface area contributed by atoms with E-state index in [1.54, 1.807) is 6.92 Å². The fourth-order valence-electron chi connectivity index (χ4n) is 2.18. The lowest BCUT2D eigenvalue weighted by Gasteiger charge is -2.29. The van der Waals surface area contributed by atoms with Crippen LogP contribution in [0, 0.1) is 17.0 Å². The lowest BCUT2D eigenvalue weighted by atomic mass is 10.3. The summed E-state index contributed by atoms with van der Waals surface area (Å²) >= 11 is 0. The third-order valence-electron chi connectivity index (χ3n) is 3.20. The minimum Gasteiger partial charge on any atom is -0.355 e. The molecule has 0 radical (unpaired) electrons. The maximum atomic E-state index is 12.3. The maximum Gasteiger partial charge on any atom is 0.290 e. The summed E-state index contributed by atoms with van der Waals surface area (Å²) in [6, 6.07) is 2.91. The van der Waals surface area contributed by atoms with Crippen molar-refractivity contribution in [2.24, 2.45) is 3.77 Å². The molecule has 0 atom stereocenters. The lowest BCUT2D eigenvalue weighted by molar-refractivity contribution is -0.385. The molecule has 1 aliphatic rings. The van der Waals surface area contributed by atoms with Crippen molar-refractivity contribution >= 4 is 31.3 Å². The highest BCUT2D eigenvalue weighted by Crippen LogP contribution is 2.22. The van der Waals surface area contributed by atoms with Crippen molar-refractivity contribution in [1.29, 1.82) is 0 Å². The summed E-state index contributed by atoms with van der Waals surface area (Å²) in [4.78, 5) is 16.3. The first-order valence-electron chi connectivity index (χ1n) is 6.40. The molecular formula is C11H16N4O5S2. The highest BCUT2D eigenvalue weighted by atomic mass is 32.3. The zero-order valence-electron chi connectivity index (χ0n) is 12.1. The van der Waals surface area contributed by atoms with Crippen LogP contribution in [-0.4, -0.2) is 53.4 Å². The van der Waals surface area contributed by atoms with Crippen LogP contribution in [0.1, 0.15) is 5.69 Å². The lowest BCUT2D eigenvalue weighted by Crippen LogP contribution is -2.41. The predicted octanol–water partition coefficient (Wildman–Crippen LogP) is 0.546. The van der Waals surface area contributed by atoms with E-state index in [0.29, 0.717) is 24.6 Å². The summed E-state index contributed by atoms with van der Waals surface area (Å²) in [5.74, 6) is 0.791. The van der Waals surface area contributed by atoms with Gasteiger partial charge in [0, 0.05) is 19.2 Å². The van der Waals surface area contributed by atoms with Crippen molar-refractivity contribution in [2.45, 2.75) is 6.92 Å². The van der Waals surface area contributed by atoms with Crippen molar-refractivity contribution < 1.29 is 17.6 Å². The van der Waals surface area contributed by atoms with Crippen molar-refractivity contribution in [3.8, 4) is 0 Å². The molecule has 1 aliphatic heterocycles. The van der Waals surface area contributed by atoms with Crippen LogP contribution < -0.4 is 4.90 Å². The second-order valence-corrected chi connectivity index (χ2v) is 9.43. The number of aryl methyl sites for hydroxylation is 1. The highest BCUT2D eigenvalue weighted by Gasteiger charge is 2.24. The molecule has 22 heavy (non-hydrogen) atoms. The molecule has 0 N–H and O–H groups in total. The van der Waals surface area contributed by atoms with Crippen LogP contribution in [0.25, 0.3) is 0 Å². The van der Waals surface area contributed by atoms with Crippen molar-refractivity contribution in [3.63, 3.8) is 0 Å². The first-order chi connectivity index (χ1) is 10.1. The first kappa shape index (κ1) is 16.6. The van der Waals surface area contributed by atoms with Crippen LogP contribution in [0.5, 0.6) is 0 Å². The van der Waals surface area contributed by atoms with Crippen molar-refractivity contribution in [2.75, 3.05) is 35.8 Å². The van der Waals surface area contributed by atoms with Crippen LogP contribution in [0.3, 0.4) is 0 Å². The quantitative estimate of drug-likeness (QED) is 0.577. The average Bonchev–Trinajstić information content (AvgIpc) is 2.36. The Hall–Kier alpha value is -1.75. The van der Waals surface area contributed by atoms with E-state index in [0.717, 1.165) is 6.26 Å². The number of nitro groups is 1. The third-order valence-corrected chi connectivity index (χ3v) is 7.01. The molecule has 11 heteroatoms. The Kier molecular flexibility index (Phi) is 4.38. The molecule has 0 spiro atoms. The summed E-state index contributed by atoms with van der Waals surface area (Å²) in [5.41, 5.74) is 0.242. The van der Waals surface area contributed by atoms with Gasteiger partial charge in [0.15, 0.2) is 0 Å². The molecule has 0 unspecified atom stereocenters. The van der Waals surface area contributed by atoms with Gasteiger partial charge in [-0.3, -0.25) is 10.1 Å². The van der Waals surface area contributed by atoms with E-state index in [2.05, 4.69) is 8.75 Å². The number of sulfonamides is 1. The number of anilines is 1. The second-order valence-electron chi connectivity index (χ2n) is 5.01. The zero-order valence-corrected chi connectivity index (χ0v) is 13.8. The Morgan fingerprint density at radius 3 is 2.41 bits per heavy atom. The summed E-state index contributed by atoms with van der Waals surface area (Å²) in [6.45, 7) is 2.22. The Morgan fingerprint density at radius 2 is 1.95 bits per heavy atom. The molecule has 2 heterocycles. The van der Waals surface area contributed by atoms with Gasteiger partial charge >= 0.3 is 0 Å². The van der Waals surface area contributed by atoms with Gasteiger partial charge in [-0.2, -0.15) is 0 Å². The van der Waals surface area contributed by atoms with Gasteiger partial charge in [0.1, 0.15) is 11.5 Å². The molecule has 1 saturated heterocycles. The molecular weight excluding hydrogens is 332 g/mol. The smallest absolute Gasteiger partial charge is 0.290 e. The predicted molar refractivity (Wildman–Crippen MR) is 83.0 cm³/mol. The highest BCUT2D eigenvalue weighted by molar-refractivity contribution is 8.03. The van der Waals surface area contributed by atoms with Crippen molar-refractivity contribution in [3.05, 3.63) is 27.9 Å². The standard InChI is InChI=1S/C11H16N4O5S2/c1-9-10(15(16)17)3-4-11(12-9)14-5-7-22(20,8-6-14)13-21(2,18)19/h3-4H,5-8H2,1-2H3. The van der Waals surface area contributed by atoms with E-state index >= 15 is 0 Å². The topological polar surface area (TPSA) is 123 Å². The molecule has 122 valence electrons. The van der Waals surface area contributed by atoms with E-state index in [4.69, 9.17) is 0 Å². The molecule has 0 saturated carbocycles. The average molecular weight is 348 g/mol. The Bertz CT molecular complexity index is 813. The Balaban J connectivity index is 2.19. The minimum absolute atomic E-state index is 0.0587. The maximum absolute atomic E-state index is 12.3.